The van der Waals surface area contributed by atoms with Gasteiger partial charge in [-0.3, -0.25) is 29.3 Å². The number of hydrogen-bond donors (Lipinski definition) is 0. The maximum absolute atomic E-state index is 13.9. The van der Waals surface area contributed by atoms with Crippen molar-refractivity contribution in [2.45, 2.75) is 14.1 Å². The van der Waals surface area contributed by atoms with Crippen LogP contribution in [0.25, 0.3) is 0 Å². The number of nitrogens with zero attached hydrogens (tertiary/aromatic N) is 3. The third kappa shape index (κ3) is 4.04. The number of non-ortho nitro benzene ring substituents is 1. The first-order chi connectivity index (χ1) is 19.0. The van der Waals surface area contributed by atoms with Gasteiger partial charge in [0.15, 0.2) is 10.1 Å². The van der Waals surface area contributed by atoms with E-state index in [1.807, 2.05) is 0 Å². The Morgan fingerprint density at radius 1 is 0.854 bits per heavy atom. The molecule has 0 radical (unpaired) electrons. The first kappa shape index (κ1) is 30.6. The molecule has 9 nitrogen and oxygen atoms in total. The zero-order chi connectivity index (χ0) is 30.4. The zero-order valence-electron chi connectivity index (χ0n) is 19.7. The summed E-state index contributed by atoms with van der Waals surface area (Å²) in [4.78, 5) is 61.1. The van der Waals surface area contributed by atoms with Gasteiger partial charge in [-0.25, -0.2) is 5.01 Å². The fourth-order valence-corrected chi connectivity index (χ4v) is 8.48. The molecule has 2 fully saturated rings. The number of imide groups is 1. The molecule has 1 saturated carbocycles. The number of hydrogen-bond acceptors (Lipinski definition) is 6. The lowest BCUT2D eigenvalue weighted by atomic mass is 9.84. The SMILES string of the molecule is O=C(CN(C(=O)c1ccc(Cl)c(Cl)c1)N1C(=O)[C@H]2[C@H](C1=O)[C@@]1(Cl)C(Cl)=C(Cl)[C@@]2(Cl)C1(Cl)Cl)c1cccc([N+](=O)[O-])c1. The van der Waals surface area contributed by atoms with E-state index in [2.05, 4.69) is 0 Å². The van der Waals surface area contributed by atoms with E-state index in [1.54, 1.807) is 0 Å². The summed E-state index contributed by atoms with van der Waals surface area (Å²) in [6.45, 7) is -0.927. The molecule has 214 valence electrons. The van der Waals surface area contributed by atoms with Gasteiger partial charge in [-0.05, 0) is 18.2 Å². The quantitative estimate of drug-likeness (QED) is 0.109. The highest BCUT2D eigenvalue weighted by atomic mass is 35.5. The zero-order valence-corrected chi connectivity index (χ0v) is 25.8. The predicted octanol–water partition coefficient (Wildman–Crippen LogP) is 6.59. The summed E-state index contributed by atoms with van der Waals surface area (Å²) in [5.41, 5.74) is -0.741. The van der Waals surface area contributed by atoms with E-state index in [0.29, 0.717) is 10.0 Å². The number of hydrazine groups is 1. The highest BCUT2D eigenvalue weighted by Gasteiger charge is 2.88. The predicted molar refractivity (Wildman–Crippen MR) is 154 cm³/mol. The van der Waals surface area contributed by atoms with E-state index >= 15 is 0 Å². The number of carbonyl (C=O) groups excluding carboxylic acids is 4. The third-order valence-corrected chi connectivity index (χ3v) is 12.2. The Bertz CT molecular complexity index is 1590. The maximum Gasteiger partial charge on any atom is 0.273 e. The first-order valence-corrected chi connectivity index (χ1v) is 14.3. The van der Waals surface area contributed by atoms with Crippen LogP contribution >= 0.6 is 92.8 Å². The Labute approximate surface area is 270 Å². The average Bonchev–Trinajstić information content (AvgIpc) is 3.31. The number of alkyl halides is 4. The molecule has 41 heavy (non-hydrogen) atoms. The molecule has 5 rings (SSSR count). The summed E-state index contributed by atoms with van der Waals surface area (Å²) in [5, 5.41) is 11.6. The van der Waals surface area contributed by atoms with Crippen molar-refractivity contribution < 1.29 is 24.1 Å². The Balaban J connectivity index is 1.61. The van der Waals surface area contributed by atoms with Crippen molar-refractivity contribution in [2.75, 3.05) is 6.54 Å². The fraction of sp³-hybridized carbons (Fsp3) is 0.250. The van der Waals surface area contributed by atoms with Crippen molar-refractivity contribution in [3.8, 4) is 0 Å². The van der Waals surface area contributed by atoms with Crippen LogP contribution in [0.15, 0.2) is 52.5 Å². The summed E-state index contributed by atoms with van der Waals surface area (Å²) in [5.74, 6) is -7.25. The molecule has 2 aliphatic carbocycles. The number of carbonyl (C=O) groups is 4. The number of rotatable bonds is 6. The molecule has 1 saturated heterocycles. The van der Waals surface area contributed by atoms with Crippen LogP contribution in [0.2, 0.25) is 10.0 Å². The van der Waals surface area contributed by atoms with Crippen LogP contribution in [-0.2, 0) is 9.59 Å². The van der Waals surface area contributed by atoms with Crippen molar-refractivity contribution in [2.24, 2.45) is 11.8 Å². The van der Waals surface area contributed by atoms with Crippen molar-refractivity contribution in [1.82, 2.24) is 10.0 Å². The van der Waals surface area contributed by atoms with Crippen molar-refractivity contribution in [3.63, 3.8) is 0 Å². The number of fused-ring (bicyclic) bond motifs is 5. The van der Waals surface area contributed by atoms with Crippen LogP contribution in [0, 0.1) is 22.0 Å². The average molecular weight is 721 g/mol. The summed E-state index contributed by atoms with van der Waals surface area (Å²) in [6.07, 6.45) is 0. The highest BCUT2D eigenvalue weighted by Crippen LogP contribution is 2.77. The van der Waals surface area contributed by atoms with Crippen LogP contribution in [-0.4, -0.2) is 59.1 Å². The molecule has 0 unspecified atom stereocenters. The molecular weight excluding hydrogens is 710 g/mol. The molecule has 17 heteroatoms. The van der Waals surface area contributed by atoms with Crippen molar-refractivity contribution in [3.05, 3.63) is 83.8 Å². The van der Waals surface area contributed by atoms with Crippen LogP contribution in [0.5, 0.6) is 0 Å². The second kappa shape index (κ2) is 10.1. The largest absolute Gasteiger partial charge is 0.292 e. The van der Waals surface area contributed by atoms with Gasteiger partial charge in [0.1, 0.15) is 16.3 Å². The number of ketones is 1. The van der Waals surface area contributed by atoms with E-state index in [-0.39, 0.29) is 31.2 Å². The minimum Gasteiger partial charge on any atom is -0.292 e. The van der Waals surface area contributed by atoms with E-state index in [1.165, 1.54) is 24.3 Å². The number of nitro groups is 1. The minimum atomic E-state index is -2.22. The van der Waals surface area contributed by atoms with Gasteiger partial charge in [0, 0.05) is 23.3 Å². The Morgan fingerprint density at radius 2 is 1.41 bits per heavy atom. The van der Waals surface area contributed by atoms with Crippen LogP contribution in [0.1, 0.15) is 20.7 Å². The normalized spacial score (nSPS) is 27.9. The third-order valence-electron chi connectivity index (χ3n) is 7.20. The lowest BCUT2D eigenvalue weighted by molar-refractivity contribution is -0.384. The van der Waals surface area contributed by atoms with Gasteiger partial charge in [0.05, 0.1) is 36.9 Å². The molecule has 3 aliphatic rings. The van der Waals surface area contributed by atoms with Gasteiger partial charge < -0.3 is 0 Å². The second-order valence-corrected chi connectivity index (χ2v) is 13.4. The Hall–Kier alpha value is -1.82. The topological polar surface area (TPSA) is 118 Å². The number of nitro benzene ring substituents is 1. The molecule has 2 aromatic carbocycles. The van der Waals surface area contributed by atoms with E-state index in [9.17, 15) is 29.3 Å². The molecule has 2 aromatic rings. The summed E-state index contributed by atoms with van der Waals surface area (Å²) in [6, 6.07) is 8.37. The molecule has 3 amide bonds. The lowest BCUT2D eigenvalue weighted by Gasteiger charge is -2.36. The number of Topliss-reactive ketones (excluding diaryl/α,β-unsaturated/α-hetero) is 1. The van der Waals surface area contributed by atoms with Gasteiger partial charge in [-0.1, -0.05) is 81.7 Å². The molecule has 4 atom stereocenters. The van der Waals surface area contributed by atoms with E-state index < -0.39 is 66.6 Å². The summed E-state index contributed by atoms with van der Waals surface area (Å²) >= 11 is 51.2. The van der Waals surface area contributed by atoms with Gasteiger partial charge in [-0.2, -0.15) is 5.01 Å². The lowest BCUT2D eigenvalue weighted by Crippen LogP contribution is -2.56. The first-order valence-electron chi connectivity index (χ1n) is 11.3. The van der Waals surface area contributed by atoms with Gasteiger partial charge >= 0.3 is 0 Å². The highest BCUT2D eigenvalue weighted by molar-refractivity contribution is 6.66. The summed E-state index contributed by atoms with van der Waals surface area (Å²) in [7, 11) is 0. The molecule has 2 bridgehead atoms. The van der Waals surface area contributed by atoms with Crippen molar-refractivity contribution in [1.29, 1.82) is 0 Å². The van der Waals surface area contributed by atoms with Gasteiger partial charge in [0.2, 0.25) is 0 Å². The Morgan fingerprint density at radius 3 is 1.93 bits per heavy atom. The smallest absolute Gasteiger partial charge is 0.273 e. The summed E-state index contributed by atoms with van der Waals surface area (Å²) < 4.78 is -2.22. The van der Waals surface area contributed by atoms with Gasteiger partial charge in [-0.15, -0.1) is 23.2 Å². The van der Waals surface area contributed by atoms with E-state index in [0.717, 1.165) is 18.2 Å². The molecule has 0 aromatic heterocycles. The minimum absolute atomic E-state index is 0.0345. The fourth-order valence-electron chi connectivity index (χ4n) is 5.25. The Kier molecular flexibility index (Phi) is 7.57. The number of benzene rings is 2. The van der Waals surface area contributed by atoms with Crippen LogP contribution in [0.4, 0.5) is 5.69 Å². The molecule has 0 N–H and O–H groups in total. The van der Waals surface area contributed by atoms with Crippen molar-refractivity contribution >= 4 is 122 Å². The molecule has 1 aliphatic heterocycles. The standard InChI is InChI=1S/C24H11Cl8N3O6/c25-12-5-4-10(7-13(12)26)19(37)33(8-14(36)9-2-1-3-11(6-9)35(40)41)34-20(38)15-16(21(34)39)23(30)18(28)17(27)22(15,29)24(23,31)32/h1-7,15-16H,8H2/t15-,16-,22-,23-/m1/s1. The monoisotopic (exact) mass is 717 g/mol. The molecular formula is C24H11Cl8N3O6. The van der Waals surface area contributed by atoms with Crippen LogP contribution < -0.4 is 0 Å². The number of amides is 3. The number of allylic oxidation sites excluding steroid dienone is 2. The van der Waals surface area contributed by atoms with Crippen LogP contribution in [0.3, 0.4) is 0 Å². The molecule has 1 heterocycles. The van der Waals surface area contributed by atoms with Gasteiger partial charge in [0.25, 0.3) is 23.4 Å². The molecule has 0 spiro atoms. The number of halogens is 8. The van der Waals surface area contributed by atoms with E-state index in [4.69, 9.17) is 92.8 Å². The maximum atomic E-state index is 13.9. The second-order valence-electron chi connectivity index (χ2n) is 9.29.